The Hall–Kier alpha value is -1.86. The van der Waals surface area contributed by atoms with Crippen LogP contribution >= 0.6 is 11.8 Å². The van der Waals surface area contributed by atoms with Gasteiger partial charge in [-0.3, -0.25) is 4.79 Å². The van der Waals surface area contributed by atoms with Gasteiger partial charge in [-0.2, -0.15) is 0 Å². The van der Waals surface area contributed by atoms with Crippen molar-refractivity contribution in [3.8, 4) is 0 Å². The van der Waals surface area contributed by atoms with Gasteiger partial charge in [-0.25, -0.2) is 9.79 Å². The van der Waals surface area contributed by atoms with Gasteiger partial charge in [0.1, 0.15) is 6.10 Å². The molecule has 2 aliphatic rings. The van der Waals surface area contributed by atoms with Crippen molar-refractivity contribution in [3.05, 3.63) is 29.8 Å². The van der Waals surface area contributed by atoms with Crippen molar-refractivity contribution in [2.45, 2.75) is 37.5 Å². The molecule has 1 N–H and O–H groups in total. The number of cyclic esters (lactones) is 1. The first-order chi connectivity index (χ1) is 11.5. The molecule has 2 heterocycles. The Morgan fingerprint density at radius 1 is 1.38 bits per heavy atom. The number of nitrogens with one attached hydrogen (secondary N) is 1. The number of benzene rings is 1. The molecule has 24 heavy (non-hydrogen) atoms. The van der Waals surface area contributed by atoms with Gasteiger partial charge in [-0.15, -0.1) is 0 Å². The van der Waals surface area contributed by atoms with Gasteiger partial charge in [0.25, 0.3) is 5.91 Å². The van der Waals surface area contributed by atoms with Crippen LogP contribution in [0.2, 0.25) is 0 Å². The van der Waals surface area contributed by atoms with E-state index in [2.05, 4.69) is 10.3 Å². The van der Waals surface area contributed by atoms with Crippen molar-refractivity contribution in [2.24, 2.45) is 4.99 Å². The van der Waals surface area contributed by atoms with Crippen LogP contribution in [-0.4, -0.2) is 41.1 Å². The summed E-state index contributed by atoms with van der Waals surface area (Å²) in [4.78, 5) is 29.1. The number of nitrogens with zero attached hydrogens (tertiary/aromatic N) is 1. The van der Waals surface area contributed by atoms with E-state index < -0.39 is 10.7 Å². The molecule has 6 nitrogen and oxygen atoms in total. The molecular weight excluding hydrogens is 328 g/mol. The van der Waals surface area contributed by atoms with E-state index in [0.29, 0.717) is 24.8 Å². The number of hydrogen-bond acceptors (Lipinski definition) is 6. The number of carbonyl (C=O) groups is 2. The van der Waals surface area contributed by atoms with Crippen LogP contribution in [0, 0.1) is 6.92 Å². The molecule has 7 heteroatoms. The number of ether oxygens (including phenoxy) is 2. The maximum absolute atomic E-state index is 12.4. The molecule has 1 aromatic carbocycles. The average Bonchev–Trinajstić information content (AvgIpc) is 3.03. The minimum atomic E-state index is -1.23. The first-order valence-electron chi connectivity index (χ1n) is 7.98. The second-order valence-corrected chi connectivity index (χ2v) is 7.23. The van der Waals surface area contributed by atoms with Gasteiger partial charge in [-0.1, -0.05) is 36.4 Å². The molecule has 0 unspecified atom stereocenters. The van der Waals surface area contributed by atoms with E-state index in [1.54, 1.807) is 0 Å². The second-order valence-electron chi connectivity index (χ2n) is 5.94. The molecule has 1 amide bonds. The molecular formula is C17H20N2O4S. The van der Waals surface area contributed by atoms with E-state index in [1.807, 2.05) is 38.1 Å². The highest BCUT2D eigenvalue weighted by Gasteiger charge is 2.60. The smallest absolute Gasteiger partial charge is 0.332 e. The number of hydrogen-bond donors (Lipinski definition) is 1. The van der Waals surface area contributed by atoms with Gasteiger partial charge in [0.2, 0.25) is 4.75 Å². The topological polar surface area (TPSA) is 77.0 Å². The molecule has 2 saturated heterocycles. The van der Waals surface area contributed by atoms with Crippen LogP contribution in [0.1, 0.15) is 25.3 Å². The molecule has 128 valence electrons. The summed E-state index contributed by atoms with van der Waals surface area (Å²) in [6.45, 7) is 4.93. The summed E-state index contributed by atoms with van der Waals surface area (Å²) in [6, 6.07) is 7.63. The maximum Gasteiger partial charge on any atom is 0.332 e. The van der Waals surface area contributed by atoms with Gasteiger partial charge >= 0.3 is 5.97 Å². The Morgan fingerprint density at radius 3 is 2.83 bits per heavy atom. The van der Waals surface area contributed by atoms with Gasteiger partial charge in [0.15, 0.2) is 5.17 Å². The Balaban J connectivity index is 1.72. The highest BCUT2D eigenvalue weighted by atomic mass is 32.2. The van der Waals surface area contributed by atoms with Gasteiger partial charge < -0.3 is 14.8 Å². The lowest BCUT2D eigenvalue weighted by Crippen LogP contribution is -2.40. The summed E-state index contributed by atoms with van der Waals surface area (Å²) in [7, 11) is 0. The van der Waals surface area contributed by atoms with E-state index in [9.17, 15) is 9.59 Å². The van der Waals surface area contributed by atoms with Crippen LogP contribution in [0.3, 0.4) is 0 Å². The summed E-state index contributed by atoms with van der Waals surface area (Å²) in [5, 5.41) is 3.13. The first-order valence-corrected chi connectivity index (χ1v) is 8.80. The molecule has 0 radical (unpaired) electrons. The van der Waals surface area contributed by atoms with Crippen LogP contribution in [0.15, 0.2) is 29.3 Å². The highest BCUT2D eigenvalue weighted by Crippen LogP contribution is 2.43. The number of aliphatic imine (C=N–C) groups is 1. The fraction of sp³-hybridized carbons (Fsp3) is 0.471. The molecule has 3 rings (SSSR count). The van der Waals surface area contributed by atoms with E-state index in [-0.39, 0.29) is 12.0 Å². The zero-order chi connectivity index (χ0) is 17.2. The van der Waals surface area contributed by atoms with Crippen LogP contribution in [0.4, 0.5) is 5.69 Å². The van der Waals surface area contributed by atoms with Gasteiger partial charge in [0, 0.05) is 13.0 Å². The number of esters is 1. The quantitative estimate of drug-likeness (QED) is 0.502. The molecule has 1 spiro atoms. The van der Waals surface area contributed by atoms with Crippen molar-refractivity contribution in [2.75, 3.05) is 13.2 Å². The number of thioether (sulfide) groups is 1. The number of aryl methyl sites for hydroxylation is 1. The third-order valence-electron chi connectivity index (χ3n) is 3.89. The van der Waals surface area contributed by atoms with Crippen molar-refractivity contribution in [1.29, 1.82) is 0 Å². The molecule has 0 aliphatic carbocycles. The summed E-state index contributed by atoms with van der Waals surface area (Å²) >= 11 is 1.14. The van der Waals surface area contributed by atoms with Crippen molar-refractivity contribution in [1.82, 2.24) is 5.32 Å². The number of amides is 1. The summed E-state index contributed by atoms with van der Waals surface area (Å²) in [6.07, 6.45) is 0.814. The standard InChI is InChI=1S/C17H20N2O4S/c1-3-8-22-10-13-9-17(15(21)23-13)14(20)19-16(24-17)18-12-6-4-11(2)5-7-12/h4-7,13H,3,8-10H2,1-2H3,(H,18,19,20)/t13-,17-/m1/s1. The second kappa shape index (κ2) is 6.94. The van der Waals surface area contributed by atoms with Crippen molar-refractivity contribution >= 4 is 34.5 Å². The number of carbonyl (C=O) groups excluding carboxylic acids is 2. The molecule has 1 aromatic rings. The molecule has 2 fully saturated rings. The number of amidine groups is 1. The van der Waals surface area contributed by atoms with Crippen LogP contribution in [-0.2, 0) is 19.1 Å². The SMILES string of the molecule is CCCOC[C@H]1C[C@]2(SC(=Nc3ccc(C)cc3)NC2=O)C(=O)O1. The summed E-state index contributed by atoms with van der Waals surface area (Å²) in [5.41, 5.74) is 1.86. The Morgan fingerprint density at radius 2 is 2.12 bits per heavy atom. The van der Waals surface area contributed by atoms with E-state index in [0.717, 1.165) is 29.4 Å². The summed E-state index contributed by atoms with van der Waals surface area (Å²) < 4.78 is 9.54. The van der Waals surface area contributed by atoms with Crippen molar-refractivity contribution < 1.29 is 19.1 Å². The third kappa shape index (κ3) is 3.32. The Bertz CT molecular complexity index is 674. The lowest BCUT2D eigenvalue weighted by atomic mass is 10.0. The fourth-order valence-electron chi connectivity index (χ4n) is 2.64. The zero-order valence-electron chi connectivity index (χ0n) is 13.7. The van der Waals surface area contributed by atoms with Crippen LogP contribution < -0.4 is 5.32 Å². The zero-order valence-corrected chi connectivity index (χ0v) is 14.5. The van der Waals surface area contributed by atoms with Gasteiger partial charge in [-0.05, 0) is 25.5 Å². The highest BCUT2D eigenvalue weighted by molar-refractivity contribution is 8.17. The molecule has 0 aromatic heterocycles. The molecule has 0 bridgehead atoms. The summed E-state index contributed by atoms with van der Waals surface area (Å²) in [5.74, 6) is -0.870. The first kappa shape index (κ1) is 17.0. The predicted octanol–water partition coefficient (Wildman–Crippen LogP) is 2.33. The Kier molecular flexibility index (Phi) is 4.91. The largest absolute Gasteiger partial charge is 0.458 e. The average molecular weight is 348 g/mol. The maximum atomic E-state index is 12.4. The lowest BCUT2D eigenvalue weighted by molar-refractivity contribution is -0.146. The van der Waals surface area contributed by atoms with E-state index in [4.69, 9.17) is 9.47 Å². The number of rotatable bonds is 5. The third-order valence-corrected chi connectivity index (χ3v) is 5.15. The molecule has 0 saturated carbocycles. The minimum Gasteiger partial charge on any atom is -0.458 e. The van der Waals surface area contributed by atoms with E-state index in [1.165, 1.54) is 0 Å². The van der Waals surface area contributed by atoms with Crippen LogP contribution in [0.5, 0.6) is 0 Å². The van der Waals surface area contributed by atoms with Crippen LogP contribution in [0.25, 0.3) is 0 Å². The monoisotopic (exact) mass is 348 g/mol. The molecule has 2 atom stereocenters. The molecule has 2 aliphatic heterocycles. The predicted molar refractivity (Wildman–Crippen MR) is 92.3 cm³/mol. The van der Waals surface area contributed by atoms with Crippen molar-refractivity contribution in [3.63, 3.8) is 0 Å². The normalized spacial score (nSPS) is 27.8. The lowest BCUT2D eigenvalue weighted by Gasteiger charge is -2.11. The Labute approximate surface area is 145 Å². The minimum absolute atomic E-state index is 0.305. The van der Waals surface area contributed by atoms with Gasteiger partial charge in [0.05, 0.1) is 12.3 Å². The fourth-order valence-corrected chi connectivity index (χ4v) is 3.80. The van der Waals surface area contributed by atoms with E-state index >= 15 is 0 Å².